The van der Waals surface area contributed by atoms with E-state index in [0.717, 1.165) is 88.7 Å². The van der Waals surface area contributed by atoms with Gasteiger partial charge in [0.1, 0.15) is 5.76 Å². The molecule has 0 amide bonds. The molecule has 5 rings (SSSR count). The molecule has 0 saturated carbocycles. The van der Waals surface area contributed by atoms with Crippen LogP contribution in [-0.4, -0.2) is 36.3 Å². The third-order valence-electron chi connectivity index (χ3n) is 8.29. The molecule has 42 heavy (non-hydrogen) atoms. The summed E-state index contributed by atoms with van der Waals surface area (Å²) >= 11 is 0. The number of rotatable bonds is 8. The maximum atomic E-state index is 11.6. The summed E-state index contributed by atoms with van der Waals surface area (Å²) in [4.78, 5) is 30.3. The summed E-state index contributed by atoms with van der Waals surface area (Å²) in [5.74, 6) is -0.646. The predicted molar refractivity (Wildman–Crippen MR) is 168 cm³/mol. The van der Waals surface area contributed by atoms with Crippen molar-refractivity contribution in [2.75, 3.05) is 0 Å². The van der Waals surface area contributed by atoms with Crippen LogP contribution in [0.2, 0.25) is 0 Å². The number of carboxylic acids is 1. The summed E-state index contributed by atoms with van der Waals surface area (Å²) in [5, 5.41) is 22.3. The minimum atomic E-state index is -0.858. The van der Waals surface area contributed by atoms with E-state index in [2.05, 4.69) is 70.6 Å². The Balaban J connectivity index is 1.94. The molecule has 8 nitrogen and oxygen atoms in total. The van der Waals surface area contributed by atoms with Gasteiger partial charge in [-0.1, -0.05) is 31.9 Å². The van der Waals surface area contributed by atoms with Gasteiger partial charge in [-0.2, -0.15) is 0 Å². The smallest absolute Gasteiger partial charge is 0.303 e. The molecule has 6 N–H and O–H groups in total. The van der Waals surface area contributed by atoms with Gasteiger partial charge in [0, 0.05) is 68.1 Å². The molecule has 5 heterocycles. The number of nitrogens with one attached hydrogen (secondary N) is 4. The maximum Gasteiger partial charge on any atom is 0.303 e. The third kappa shape index (κ3) is 5.01. The first kappa shape index (κ1) is 28.6. The second-order valence-corrected chi connectivity index (χ2v) is 10.8. The third-order valence-corrected chi connectivity index (χ3v) is 8.29. The number of aromatic nitrogens is 4. The predicted octanol–water partition coefficient (Wildman–Crippen LogP) is 3.71. The summed E-state index contributed by atoms with van der Waals surface area (Å²) in [6.07, 6.45) is 12.6. The van der Waals surface area contributed by atoms with Gasteiger partial charge in [-0.25, -0.2) is 5.26 Å². The van der Waals surface area contributed by atoms with Gasteiger partial charge in [-0.3, -0.25) is 4.79 Å². The van der Waals surface area contributed by atoms with E-state index in [0.29, 0.717) is 6.42 Å². The number of carbonyl (C=O) groups is 1. The zero-order valence-corrected chi connectivity index (χ0v) is 24.4. The van der Waals surface area contributed by atoms with Gasteiger partial charge in [-0.15, -0.1) is 0 Å². The number of aliphatic carboxylic acids is 1. The lowest BCUT2D eigenvalue weighted by Gasteiger charge is -2.04. The van der Waals surface area contributed by atoms with Gasteiger partial charge < -0.3 is 29.9 Å². The molecule has 0 saturated heterocycles. The normalized spacial score (nSPS) is 12.0. The lowest BCUT2D eigenvalue weighted by Crippen LogP contribution is -2.14. The Hall–Kier alpha value is -4.95. The molecule has 8 bridgehead atoms. The first-order chi connectivity index (χ1) is 20.1. The number of fused-ring (bicyclic) bond motifs is 8. The van der Waals surface area contributed by atoms with E-state index >= 15 is 0 Å². The number of allylic oxidation sites excluding steroid dienone is 1. The van der Waals surface area contributed by atoms with Gasteiger partial charge >= 0.3 is 5.97 Å². The van der Waals surface area contributed by atoms with E-state index in [1.165, 1.54) is 0 Å². The van der Waals surface area contributed by atoms with Crippen molar-refractivity contribution in [2.24, 2.45) is 0 Å². The van der Waals surface area contributed by atoms with Crippen LogP contribution in [0.4, 0.5) is 0 Å². The monoisotopic (exact) mass is 564 g/mol. The molecule has 0 aromatic carbocycles. The van der Waals surface area contributed by atoms with E-state index in [1.807, 2.05) is 38.2 Å². The Morgan fingerprint density at radius 1 is 0.738 bits per heavy atom. The van der Waals surface area contributed by atoms with Crippen molar-refractivity contribution < 1.29 is 20.0 Å². The minimum absolute atomic E-state index is 0.00223. The van der Waals surface area contributed by atoms with Crippen molar-refractivity contribution in [3.05, 3.63) is 114 Å². The van der Waals surface area contributed by atoms with Gasteiger partial charge in [0.25, 0.3) is 0 Å². The fourth-order valence-electron chi connectivity index (χ4n) is 5.83. The molecular formula is C34H36N4O4. The van der Waals surface area contributed by atoms with Crippen LogP contribution < -0.4 is 21.4 Å². The van der Waals surface area contributed by atoms with Crippen LogP contribution in [0.3, 0.4) is 0 Å². The Labute approximate surface area is 243 Å². The Morgan fingerprint density at radius 2 is 1.31 bits per heavy atom. The zero-order chi connectivity index (χ0) is 30.3. The topological polar surface area (TPSA) is 130 Å². The molecule has 0 fully saturated rings. The molecule has 0 spiro atoms. The van der Waals surface area contributed by atoms with Crippen LogP contribution in [0.15, 0.2) is 25.5 Å². The molecule has 1 aliphatic heterocycles. The van der Waals surface area contributed by atoms with Crippen molar-refractivity contribution >= 4 is 42.4 Å². The number of aromatic amines is 4. The van der Waals surface area contributed by atoms with Gasteiger partial charge in [0.05, 0.1) is 0 Å². The van der Waals surface area contributed by atoms with Gasteiger partial charge in [0.15, 0.2) is 0 Å². The molecule has 4 aromatic rings. The van der Waals surface area contributed by atoms with Crippen molar-refractivity contribution in [2.45, 2.75) is 47.0 Å². The van der Waals surface area contributed by atoms with Crippen LogP contribution in [0, 0.1) is 27.7 Å². The lowest BCUT2D eigenvalue weighted by molar-refractivity contribution is -0.204. The van der Waals surface area contributed by atoms with Crippen LogP contribution in [0.25, 0.3) is 36.5 Å². The molecule has 4 aromatic heterocycles. The Morgan fingerprint density at radius 3 is 1.98 bits per heavy atom. The van der Waals surface area contributed by atoms with Crippen molar-refractivity contribution in [1.29, 1.82) is 0 Å². The summed E-state index contributed by atoms with van der Waals surface area (Å²) in [6.45, 7) is 20.1. The SMILES string of the molecule is C=Cc1c2[nH]c(c1C)C=c1[nH]c(c(C)c1C=C)=Cc1[nH]c(c(CC(=C)OO)c1C)C=c1[nH]c(c(C)c1CCC(=O)O)=C2. The highest BCUT2D eigenvalue weighted by Gasteiger charge is 2.17. The quantitative estimate of drug-likeness (QED) is 0.0975. The van der Waals surface area contributed by atoms with Crippen molar-refractivity contribution in [3.63, 3.8) is 0 Å². The average molecular weight is 565 g/mol. The Bertz CT molecular complexity index is 2020. The molecule has 0 radical (unpaired) electrons. The fraction of sp³-hybridized carbons (Fsp3) is 0.206. The minimum Gasteiger partial charge on any atom is -0.481 e. The summed E-state index contributed by atoms with van der Waals surface area (Å²) in [5.41, 5.74) is 11.4. The van der Waals surface area contributed by atoms with E-state index in [4.69, 9.17) is 0 Å². The first-order valence-electron chi connectivity index (χ1n) is 13.8. The fourth-order valence-corrected chi connectivity index (χ4v) is 5.83. The highest BCUT2D eigenvalue weighted by Crippen LogP contribution is 2.24. The second-order valence-electron chi connectivity index (χ2n) is 10.8. The molecule has 8 heteroatoms. The first-order valence-corrected chi connectivity index (χ1v) is 13.8. The standard InChI is InChI=1S/C34H36N4O4/c1-8-22-18(4)26-13-27-21(7)25(12-17(3)42-41)33(38-27)16-32-24(10-11-34(39)40)20(6)29(37-32)15-31-23(9-2)19(5)28(36-31)14-30(22)35-26/h8-9,13-16,35-38,41H,1-3,10-12H2,4-7H3,(H,39,40). The van der Waals surface area contributed by atoms with E-state index in [-0.39, 0.29) is 18.6 Å². The Kier molecular flexibility index (Phi) is 7.58. The number of H-pyrrole nitrogens is 4. The van der Waals surface area contributed by atoms with Gasteiger partial charge in [-0.05, 0) is 91.8 Å². The molecular weight excluding hydrogens is 528 g/mol. The number of hydrogen-bond donors (Lipinski definition) is 6. The van der Waals surface area contributed by atoms with Crippen molar-refractivity contribution in [1.82, 2.24) is 19.9 Å². The molecule has 0 unspecified atom stereocenters. The number of carboxylic acid groups (broad SMARTS) is 1. The van der Waals surface area contributed by atoms with Crippen molar-refractivity contribution in [3.8, 4) is 0 Å². The van der Waals surface area contributed by atoms with E-state index in [9.17, 15) is 15.2 Å². The van der Waals surface area contributed by atoms with E-state index in [1.54, 1.807) is 0 Å². The molecule has 0 aliphatic carbocycles. The highest BCUT2D eigenvalue weighted by molar-refractivity contribution is 5.72. The van der Waals surface area contributed by atoms with Gasteiger partial charge in [0.2, 0.25) is 0 Å². The highest BCUT2D eigenvalue weighted by atomic mass is 17.1. The zero-order valence-electron chi connectivity index (χ0n) is 24.4. The van der Waals surface area contributed by atoms with Crippen LogP contribution in [-0.2, 0) is 22.5 Å². The molecule has 0 atom stereocenters. The maximum absolute atomic E-state index is 11.6. The summed E-state index contributed by atoms with van der Waals surface area (Å²) in [7, 11) is 0. The van der Waals surface area contributed by atoms with Crippen LogP contribution >= 0.6 is 0 Å². The lowest BCUT2D eigenvalue weighted by atomic mass is 10.0. The summed E-state index contributed by atoms with van der Waals surface area (Å²) < 4.78 is 0. The molecule has 1 aliphatic rings. The average Bonchev–Trinajstić information content (AvgIpc) is 3.61. The largest absolute Gasteiger partial charge is 0.481 e. The van der Waals surface area contributed by atoms with E-state index < -0.39 is 5.97 Å². The van der Waals surface area contributed by atoms with Crippen LogP contribution in [0.1, 0.15) is 73.7 Å². The van der Waals surface area contributed by atoms with Crippen LogP contribution in [0.5, 0.6) is 0 Å². The molecule has 216 valence electrons. The second kappa shape index (κ2) is 11.1. The summed E-state index contributed by atoms with van der Waals surface area (Å²) in [6, 6.07) is 0. The number of hydrogen-bond acceptors (Lipinski definition) is 3.